The van der Waals surface area contributed by atoms with Crippen LogP contribution < -0.4 is 0 Å². The molecule has 0 bridgehead atoms. The van der Waals surface area contributed by atoms with Gasteiger partial charge in [0.2, 0.25) is 0 Å². The summed E-state index contributed by atoms with van der Waals surface area (Å²) < 4.78 is 0. The Morgan fingerprint density at radius 3 is 2.90 bits per heavy atom. The van der Waals surface area contributed by atoms with Gasteiger partial charge >= 0.3 is 0 Å². The molecule has 0 saturated heterocycles. The van der Waals surface area contributed by atoms with E-state index in [1.54, 1.807) is 6.33 Å². The number of aromatic nitrogens is 2. The fourth-order valence-corrected chi connectivity index (χ4v) is 0.934. The first kappa shape index (κ1) is 7.19. The van der Waals surface area contributed by atoms with Gasteiger partial charge in [-0.05, 0) is 18.9 Å². The van der Waals surface area contributed by atoms with E-state index < -0.39 is 0 Å². The second-order valence-corrected chi connectivity index (χ2v) is 2.38. The van der Waals surface area contributed by atoms with Crippen molar-refractivity contribution in [3.8, 4) is 0 Å². The highest BCUT2D eigenvalue weighted by Gasteiger charge is 1.94. The first-order valence-electron chi connectivity index (χ1n) is 3.60. The van der Waals surface area contributed by atoms with Crippen molar-refractivity contribution in [2.75, 3.05) is 0 Å². The third-order valence-electron chi connectivity index (χ3n) is 1.53. The van der Waals surface area contributed by atoms with Crippen LogP contribution in [0.15, 0.2) is 12.5 Å². The summed E-state index contributed by atoms with van der Waals surface area (Å²) in [6.45, 7) is 4.18. The van der Waals surface area contributed by atoms with E-state index in [1.165, 1.54) is 5.56 Å². The predicted octanol–water partition coefficient (Wildman–Crippen LogP) is 1.74. The van der Waals surface area contributed by atoms with Crippen molar-refractivity contribution in [1.82, 2.24) is 9.97 Å². The molecule has 0 spiro atoms. The molecule has 10 heavy (non-hydrogen) atoms. The highest BCUT2D eigenvalue weighted by atomic mass is 14.8. The van der Waals surface area contributed by atoms with Crippen molar-refractivity contribution in [3.63, 3.8) is 0 Å². The monoisotopic (exact) mass is 136 g/mol. The smallest absolute Gasteiger partial charge is 0.115 e. The molecular formula is C8H12N2. The topological polar surface area (TPSA) is 25.8 Å². The lowest BCUT2D eigenvalue weighted by Crippen LogP contribution is -1.92. The minimum atomic E-state index is 1.09. The van der Waals surface area contributed by atoms with Crippen molar-refractivity contribution < 1.29 is 0 Å². The van der Waals surface area contributed by atoms with E-state index in [0.717, 1.165) is 18.5 Å². The lowest BCUT2D eigenvalue weighted by Gasteiger charge is -1.99. The minimum Gasteiger partial charge on any atom is -0.245 e. The first-order valence-corrected chi connectivity index (χ1v) is 3.60. The molecule has 0 fully saturated rings. The zero-order chi connectivity index (χ0) is 7.40. The van der Waals surface area contributed by atoms with Gasteiger partial charge in [-0.1, -0.05) is 13.3 Å². The third kappa shape index (κ3) is 1.53. The van der Waals surface area contributed by atoms with Gasteiger partial charge in [0.15, 0.2) is 0 Å². The summed E-state index contributed by atoms with van der Waals surface area (Å²) in [4.78, 5) is 8.04. The lowest BCUT2D eigenvalue weighted by molar-refractivity contribution is 0.882. The largest absolute Gasteiger partial charge is 0.245 e. The average molecular weight is 136 g/mol. The summed E-state index contributed by atoms with van der Waals surface area (Å²) in [6.07, 6.45) is 5.74. The van der Waals surface area contributed by atoms with Crippen LogP contribution in [0.5, 0.6) is 0 Å². The zero-order valence-electron chi connectivity index (χ0n) is 6.46. The zero-order valence-corrected chi connectivity index (χ0v) is 6.46. The van der Waals surface area contributed by atoms with Crippen LogP contribution >= 0.6 is 0 Å². The molecule has 2 nitrogen and oxygen atoms in total. The molecule has 1 aromatic heterocycles. The van der Waals surface area contributed by atoms with Crippen LogP contribution in [0.4, 0.5) is 0 Å². The van der Waals surface area contributed by atoms with E-state index in [2.05, 4.69) is 16.9 Å². The Balaban J connectivity index is 2.81. The van der Waals surface area contributed by atoms with E-state index in [1.807, 2.05) is 13.1 Å². The summed E-state index contributed by atoms with van der Waals surface area (Å²) >= 11 is 0. The van der Waals surface area contributed by atoms with Gasteiger partial charge in [-0.25, -0.2) is 9.97 Å². The number of hydrogen-bond acceptors (Lipinski definition) is 2. The maximum absolute atomic E-state index is 4.09. The Morgan fingerprint density at radius 1 is 1.50 bits per heavy atom. The summed E-state index contributed by atoms with van der Waals surface area (Å²) in [5.41, 5.74) is 2.38. The second-order valence-electron chi connectivity index (χ2n) is 2.38. The summed E-state index contributed by atoms with van der Waals surface area (Å²) in [6, 6.07) is 0. The minimum absolute atomic E-state index is 1.09. The number of aryl methyl sites for hydroxylation is 2. The van der Waals surface area contributed by atoms with Gasteiger partial charge in [0.25, 0.3) is 0 Å². The van der Waals surface area contributed by atoms with E-state index >= 15 is 0 Å². The fourth-order valence-electron chi connectivity index (χ4n) is 0.934. The molecule has 0 aliphatic heterocycles. The number of hydrogen-bond donors (Lipinski definition) is 0. The summed E-state index contributed by atoms with van der Waals surface area (Å²) in [5, 5.41) is 0. The normalized spacial score (nSPS) is 9.80. The van der Waals surface area contributed by atoms with Crippen LogP contribution in [0.25, 0.3) is 0 Å². The first-order chi connectivity index (χ1) is 4.84. The molecule has 0 aromatic carbocycles. The quantitative estimate of drug-likeness (QED) is 0.618. The number of nitrogens with zero attached hydrogens (tertiary/aromatic N) is 2. The second kappa shape index (κ2) is 3.30. The predicted molar refractivity (Wildman–Crippen MR) is 40.8 cm³/mol. The molecule has 54 valence electrons. The highest BCUT2D eigenvalue weighted by Crippen LogP contribution is 2.03. The number of rotatable bonds is 2. The highest BCUT2D eigenvalue weighted by molar-refractivity contribution is 5.13. The van der Waals surface area contributed by atoms with Crippen molar-refractivity contribution in [2.24, 2.45) is 0 Å². The van der Waals surface area contributed by atoms with Crippen molar-refractivity contribution in [1.29, 1.82) is 0 Å². The van der Waals surface area contributed by atoms with Gasteiger partial charge < -0.3 is 0 Å². The molecular weight excluding hydrogens is 124 g/mol. The van der Waals surface area contributed by atoms with Crippen molar-refractivity contribution in [2.45, 2.75) is 26.7 Å². The molecule has 0 aliphatic carbocycles. The van der Waals surface area contributed by atoms with Crippen molar-refractivity contribution in [3.05, 3.63) is 23.8 Å². The molecule has 0 amide bonds. The SMILES string of the molecule is CCCc1cncnc1C. The van der Waals surface area contributed by atoms with Crippen LogP contribution in [-0.2, 0) is 6.42 Å². The van der Waals surface area contributed by atoms with Crippen LogP contribution in [-0.4, -0.2) is 9.97 Å². The van der Waals surface area contributed by atoms with E-state index in [4.69, 9.17) is 0 Å². The van der Waals surface area contributed by atoms with E-state index in [0.29, 0.717) is 0 Å². The fraction of sp³-hybridized carbons (Fsp3) is 0.500. The van der Waals surface area contributed by atoms with Gasteiger partial charge in [-0.15, -0.1) is 0 Å². The standard InChI is InChI=1S/C8H12N2/c1-3-4-8-5-9-6-10-7(8)2/h5-6H,3-4H2,1-2H3. The molecule has 1 heterocycles. The molecule has 0 radical (unpaired) electrons. The molecule has 0 atom stereocenters. The Hall–Kier alpha value is -0.920. The third-order valence-corrected chi connectivity index (χ3v) is 1.53. The Kier molecular flexibility index (Phi) is 2.37. The van der Waals surface area contributed by atoms with Crippen LogP contribution in [0.3, 0.4) is 0 Å². The molecule has 2 heteroatoms. The Labute approximate surface area is 61.3 Å². The van der Waals surface area contributed by atoms with Crippen LogP contribution in [0.2, 0.25) is 0 Å². The average Bonchev–Trinajstić information content (AvgIpc) is 1.94. The van der Waals surface area contributed by atoms with Gasteiger partial charge in [0.1, 0.15) is 6.33 Å². The molecule has 0 aliphatic rings. The van der Waals surface area contributed by atoms with Crippen LogP contribution in [0, 0.1) is 6.92 Å². The summed E-state index contributed by atoms with van der Waals surface area (Å²) in [5.74, 6) is 0. The maximum atomic E-state index is 4.09. The Morgan fingerprint density at radius 2 is 2.30 bits per heavy atom. The molecule has 1 rings (SSSR count). The maximum Gasteiger partial charge on any atom is 0.115 e. The Bertz CT molecular complexity index is 208. The van der Waals surface area contributed by atoms with Gasteiger partial charge in [0, 0.05) is 11.9 Å². The summed E-state index contributed by atoms with van der Waals surface area (Å²) in [7, 11) is 0. The molecule has 0 N–H and O–H groups in total. The molecule has 0 saturated carbocycles. The van der Waals surface area contributed by atoms with E-state index in [9.17, 15) is 0 Å². The van der Waals surface area contributed by atoms with Crippen molar-refractivity contribution >= 4 is 0 Å². The molecule has 0 unspecified atom stereocenters. The van der Waals surface area contributed by atoms with Crippen LogP contribution in [0.1, 0.15) is 24.6 Å². The van der Waals surface area contributed by atoms with Gasteiger partial charge in [-0.2, -0.15) is 0 Å². The van der Waals surface area contributed by atoms with Gasteiger partial charge in [0.05, 0.1) is 0 Å². The molecule has 1 aromatic rings. The van der Waals surface area contributed by atoms with Gasteiger partial charge in [-0.3, -0.25) is 0 Å². The lowest BCUT2D eigenvalue weighted by atomic mass is 10.1. The van der Waals surface area contributed by atoms with E-state index in [-0.39, 0.29) is 0 Å².